The van der Waals surface area contributed by atoms with Gasteiger partial charge in [-0.15, -0.1) is 0 Å². The van der Waals surface area contributed by atoms with E-state index in [9.17, 15) is 13.6 Å². The zero-order chi connectivity index (χ0) is 14.9. The molecule has 1 saturated heterocycles. The minimum Gasteiger partial charge on any atom is -0.481 e. The molecule has 0 unspecified atom stereocenters. The van der Waals surface area contributed by atoms with E-state index in [4.69, 9.17) is 5.11 Å². The van der Waals surface area contributed by atoms with Crippen LogP contribution in [0.1, 0.15) is 38.7 Å². The number of rotatable bonds is 4. The molecule has 0 aliphatic carbocycles. The van der Waals surface area contributed by atoms with Crippen molar-refractivity contribution in [2.75, 3.05) is 18.0 Å². The van der Waals surface area contributed by atoms with Gasteiger partial charge in [-0.3, -0.25) is 4.79 Å². The van der Waals surface area contributed by atoms with Crippen LogP contribution in [-0.2, 0) is 10.2 Å². The highest BCUT2D eigenvalue weighted by Gasteiger charge is 2.30. The first kappa shape index (κ1) is 14.8. The van der Waals surface area contributed by atoms with Gasteiger partial charge in [0.25, 0.3) is 0 Å². The van der Waals surface area contributed by atoms with Gasteiger partial charge >= 0.3 is 5.97 Å². The standard InChI is InChI=1S/C15H19F2NO2/c1-15(2,9-14(19)20)10-7-11(16)12(17)8-13(10)18-5-3-4-6-18/h7-8H,3-6,9H2,1-2H3,(H,19,20). The third kappa shape index (κ3) is 2.92. The predicted octanol–water partition coefficient (Wildman–Crippen LogP) is 3.32. The Hall–Kier alpha value is -1.65. The lowest BCUT2D eigenvalue weighted by atomic mass is 9.80. The Morgan fingerprint density at radius 3 is 2.35 bits per heavy atom. The number of halogens is 2. The molecular formula is C15H19F2NO2. The highest BCUT2D eigenvalue weighted by atomic mass is 19.2. The molecule has 1 heterocycles. The second-order valence-corrected chi connectivity index (χ2v) is 5.93. The molecular weight excluding hydrogens is 264 g/mol. The summed E-state index contributed by atoms with van der Waals surface area (Å²) in [5.74, 6) is -2.77. The van der Waals surface area contributed by atoms with Gasteiger partial charge in [-0.1, -0.05) is 13.8 Å². The molecule has 0 radical (unpaired) electrons. The molecule has 0 atom stereocenters. The third-order valence-corrected chi connectivity index (χ3v) is 3.81. The van der Waals surface area contributed by atoms with Gasteiger partial charge < -0.3 is 10.0 Å². The van der Waals surface area contributed by atoms with E-state index in [1.165, 1.54) is 6.07 Å². The second-order valence-electron chi connectivity index (χ2n) is 5.93. The van der Waals surface area contributed by atoms with E-state index in [1.807, 2.05) is 4.90 Å². The van der Waals surface area contributed by atoms with Crippen LogP contribution in [-0.4, -0.2) is 24.2 Å². The summed E-state index contributed by atoms with van der Waals surface area (Å²) in [6.07, 6.45) is 1.90. The zero-order valence-electron chi connectivity index (χ0n) is 11.7. The number of carboxylic acids is 1. The van der Waals surface area contributed by atoms with Crippen LogP contribution in [0.25, 0.3) is 0 Å². The van der Waals surface area contributed by atoms with Gasteiger partial charge in [-0.05, 0) is 24.5 Å². The highest BCUT2D eigenvalue weighted by molar-refractivity contribution is 5.70. The summed E-state index contributed by atoms with van der Waals surface area (Å²) in [5.41, 5.74) is 0.423. The second kappa shape index (κ2) is 5.38. The van der Waals surface area contributed by atoms with Gasteiger partial charge in [0.05, 0.1) is 6.42 Å². The summed E-state index contributed by atoms with van der Waals surface area (Å²) in [6.45, 7) is 5.07. The Bertz CT molecular complexity index is 523. The van der Waals surface area contributed by atoms with Gasteiger partial charge in [-0.2, -0.15) is 0 Å². The van der Waals surface area contributed by atoms with E-state index < -0.39 is 23.0 Å². The predicted molar refractivity (Wildman–Crippen MR) is 73.1 cm³/mol. The van der Waals surface area contributed by atoms with Crippen molar-refractivity contribution in [1.82, 2.24) is 0 Å². The number of anilines is 1. The Morgan fingerprint density at radius 2 is 1.80 bits per heavy atom. The molecule has 0 amide bonds. The third-order valence-electron chi connectivity index (χ3n) is 3.81. The summed E-state index contributed by atoms with van der Waals surface area (Å²) in [7, 11) is 0. The van der Waals surface area contributed by atoms with E-state index in [-0.39, 0.29) is 6.42 Å². The van der Waals surface area contributed by atoms with Crippen LogP contribution < -0.4 is 4.90 Å². The fourth-order valence-electron chi connectivity index (χ4n) is 2.77. The van der Waals surface area contributed by atoms with Crippen LogP contribution in [0.15, 0.2) is 12.1 Å². The van der Waals surface area contributed by atoms with Crippen molar-refractivity contribution in [2.45, 2.75) is 38.5 Å². The van der Waals surface area contributed by atoms with Gasteiger partial charge in [-0.25, -0.2) is 8.78 Å². The Morgan fingerprint density at radius 1 is 1.25 bits per heavy atom. The average Bonchev–Trinajstić information content (AvgIpc) is 2.83. The average molecular weight is 283 g/mol. The van der Waals surface area contributed by atoms with Crippen LogP contribution in [0.4, 0.5) is 14.5 Å². The molecule has 0 bridgehead atoms. The molecule has 2 rings (SSSR count). The minimum absolute atomic E-state index is 0.126. The van der Waals surface area contributed by atoms with E-state index in [2.05, 4.69) is 0 Å². The lowest BCUT2D eigenvalue weighted by Gasteiger charge is -2.30. The van der Waals surface area contributed by atoms with E-state index >= 15 is 0 Å². The first-order valence-electron chi connectivity index (χ1n) is 6.77. The maximum absolute atomic E-state index is 13.6. The van der Waals surface area contributed by atoms with E-state index in [0.717, 1.165) is 32.0 Å². The number of carbonyl (C=O) groups is 1. The molecule has 1 aliphatic rings. The minimum atomic E-state index is -0.952. The van der Waals surface area contributed by atoms with Crippen molar-refractivity contribution in [3.8, 4) is 0 Å². The molecule has 1 aliphatic heterocycles. The molecule has 3 nitrogen and oxygen atoms in total. The van der Waals surface area contributed by atoms with Crippen LogP contribution in [0.5, 0.6) is 0 Å². The SMILES string of the molecule is CC(C)(CC(=O)O)c1cc(F)c(F)cc1N1CCCC1. The number of carboxylic acid groups (broad SMARTS) is 1. The van der Waals surface area contributed by atoms with Crippen LogP contribution in [0, 0.1) is 11.6 Å². The van der Waals surface area contributed by atoms with Crippen molar-refractivity contribution in [3.63, 3.8) is 0 Å². The van der Waals surface area contributed by atoms with Crippen LogP contribution in [0.2, 0.25) is 0 Å². The zero-order valence-corrected chi connectivity index (χ0v) is 11.7. The van der Waals surface area contributed by atoms with Gasteiger partial charge in [0.1, 0.15) is 0 Å². The van der Waals surface area contributed by atoms with Crippen molar-refractivity contribution >= 4 is 11.7 Å². The number of hydrogen-bond acceptors (Lipinski definition) is 2. The largest absolute Gasteiger partial charge is 0.481 e. The van der Waals surface area contributed by atoms with Crippen molar-refractivity contribution in [3.05, 3.63) is 29.3 Å². The Balaban J connectivity index is 2.49. The maximum Gasteiger partial charge on any atom is 0.304 e. The van der Waals surface area contributed by atoms with Crippen LogP contribution in [0.3, 0.4) is 0 Å². The molecule has 110 valence electrons. The summed E-state index contributed by atoms with van der Waals surface area (Å²) in [6, 6.07) is 2.34. The number of nitrogens with zero attached hydrogens (tertiary/aromatic N) is 1. The van der Waals surface area contributed by atoms with E-state index in [0.29, 0.717) is 11.3 Å². The molecule has 1 aromatic carbocycles. The summed E-state index contributed by atoms with van der Waals surface area (Å²) in [4.78, 5) is 13.0. The first-order valence-corrected chi connectivity index (χ1v) is 6.77. The lowest BCUT2D eigenvalue weighted by molar-refractivity contribution is -0.138. The lowest BCUT2D eigenvalue weighted by Crippen LogP contribution is -2.28. The normalized spacial score (nSPS) is 15.7. The van der Waals surface area contributed by atoms with Gasteiger partial charge in [0.15, 0.2) is 11.6 Å². The summed E-state index contributed by atoms with van der Waals surface area (Å²) < 4.78 is 27.1. The number of hydrogen-bond donors (Lipinski definition) is 1. The number of aliphatic carboxylic acids is 1. The van der Waals surface area contributed by atoms with Crippen molar-refractivity contribution < 1.29 is 18.7 Å². The highest BCUT2D eigenvalue weighted by Crippen LogP contribution is 2.37. The van der Waals surface area contributed by atoms with Gasteiger partial charge in [0, 0.05) is 30.3 Å². The summed E-state index contributed by atoms with van der Waals surface area (Å²) in [5, 5.41) is 9.01. The van der Waals surface area contributed by atoms with Crippen molar-refractivity contribution in [1.29, 1.82) is 0 Å². The molecule has 0 spiro atoms. The monoisotopic (exact) mass is 283 g/mol. The molecule has 0 saturated carbocycles. The number of benzene rings is 1. The molecule has 1 N–H and O–H groups in total. The van der Waals surface area contributed by atoms with Crippen LogP contribution >= 0.6 is 0 Å². The molecule has 5 heteroatoms. The molecule has 1 fully saturated rings. The maximum atomic E-state index is 13.6. The smallest absolute Gasteiger partial charge is 0.304 e. The topological polar surface area (TPSA) is 40.5 Å². The molecule has 0 aromatic heterocycles. The fraction of sp³-hybridized carbons (Fsp3) is 0.533. The quantitative estimate of drug-likeness (QED) is 0.921. The fourth-order valence-corrected chi connectivity index (χ4v) is 2.77. The Labute approximate surface area is 117 Å². The molecule has 1 aromatic rings. The first-order chi connectivity index (χ1) is 9.31. The van der Waals surface area contributed by atoms with Gasteiger partial charge in [0.2, 0.25) is 0 Å². The molecule has 20 heavy (non-hydrogen) atoms. The van der Waals surface area contributed by atoms with Crippen molar-refractivity contribution in [2.24, 2.45) is 0 Å². The Kier molecular flexibility index (Phi) is 3.97. The summed E-state index contributed by atoms with van der Waals surface area (Å²) >= 11 is 0. The van der Waals surface area contributed by atoms with E-state index in [1.54, 1.807) is 13.8 Å².